The van der Waals surface area contributed by atoms with Gasteiger partial charge >= 0.3 is 0 Å². The Kier molecular flexibility index (Phi) is 5.02. The molecule has 1 aromatic heterocycles. The summed E-state index contributed by atoms with van der Waals surface area (Å²) in [5.74, 6) is 0.00776. The standard InChI is InChI=1S/C20H20FN3O2/c1-13(2)26-19-7-5-4-6-18(19)23-20(25)17-12-22-24(14(17)3)16-10-8-15(21)9-11-16/h4-13H,1-3H3,(H,23,25). The van der Waals surface area contributed by atoms with Gasteiger partial charge in [0.1, 0.15) is 11.6 Å². The number of anilines is 1. The Labute approximate surface area is 151 Å². The third kappa shape index (κ3) is 3.74. The molecule has 0 aliphatic rings. The maximum Gasteiger partial charge on any atom is 0.259 e. The molecule has 5 nitrogen and oxygen atoms in total. The van der Waals surface area contributed by atoms with Gasteiger partial charge in [0.2, 0.25) is 0 Å². The number of hydrogen-bond acceptors (Lipinski definition) is 3. The zero-order valence-electron chi connectivity index (χ0n) is 14.9. The molecule has 3 rings (SSSR count). The van der Waals surface area contributed by atoms with Crippen molar-refractivity contribution < 1.29 is 13.9 Å². The number of rotatable bonds is 5. The molecule has 0 unspecified atom stereocenters. The van der Waals surface area contributed by atoms with E-state index >= 15 is 0 Å². The lowest BCUT2D eigenvalue weighted by atomic mass is 10.2. The molecule has 134 valence electrons. The molecule has 1 N–H and O–H groups in total. The summed E-state index contributed by atoms with van der Waals surface area (Å²) < 4.78 is 20.4. The fourth-order valence-corrected chi connectivity index (χ4v) is 2.59. The van der Waals surface area contributed by atoms with Crippen molar-refractivity contribution in [3.05, 3.63) is 71.8 Å². The average Bonchev–Trinajstić information content (AvgIpc) is 2.98. The van der Waals surface area contributed by atoms with Gasteiger partial charge in [-0.25, -0.2) is 9.07 Å². The topological polar surface area (TPSA) is 56.1 Å². The van der Waals surface area contributed by atoms with E-state index in [4.69, 9.17) is 4.74 Å². The minimum Gasteiger partial charge on any atom is -0.489 e. The van der Waals surface area contributed by atoms with Gasteiger partial charge in [0.05, 0.1) is 34.9 Å². The van der Waals surface area contributed by atoms with Gasteiger partial charge in [0.25, 0.3) is 5.91 Å². The fourth-order valence-electron chi connectivity index (χ4n) is 2.59. The van der Waals surface area contributed by atoms with Crippen molar-refractivity contribution in [2.75, 3.05) is 5.32 Å². The Morgan fingerprint density at radius 1 is 1.15 bits per heavy atom. The molecule has 1 heterocycles. The maximum absolute atomic E-state index is 13.1. The molecule has 0 saturated heterocycles. The zero-order chi connectivity index (χ0) is 18.7. The number of amides is 1. The van der Waals surface area contributed by atoms with Gasteiger partial charge in [-0.2, -0.15) is 5.10 Å². The quantitative estimate of drug-likeness (QED) is 0.741. The third-order valence-corrected chi connectivity index (χ3v) is 3.82. The first-order valence-electron chi connectivity index (χ1n) is 8.33. The Hall–Kier alpha value is -3.15. The Morgan fingerprint density at radius 3 is 2.54 bits per heavy atom. The normalized spacial score (nSPS) is 10.8. The first-order chi connectivity index (χ1) is 12.5. The third-order valence-electron chi connectivity index (χ3n) is 3.82. The highest BCUT2D eigenvalue weighted by Gasteiger charge is 2.17. The Balaban J connectivity index is 1.85. The van der Waals surface area contributed by atoms with Crippen LogP contribution in [-0.4, -0.2) is 21.8 Å². The van der Waals surface area contributed by atoms with Gasteiger partial charge in [-0.1, -0.05) is 12.1 Å². The van der Waals surface area contributed by atoms with E-state index in [1.54, 1.807) is 29.8 Å². The largest absolute Gasteiger partial charge is 0.489 e. The summed E-state index contributed by atoms with van der Waals surface area (Å²) in [4.78, 5) is 12.7. The molecule has 0 saturated carbocycles. The number of aromatic nitrogens is 2. The van der Waals surface area contributed by atoms with E-state index in [-0.39, 0.29) is 17.8 Å². The number of para-hydroxylation sites is 2. The van der Waals surface area contributed by atoms with Crippen LogP contribution in [0.2, 0.25) is 0 Å². The Bertz CT molecular complexity index is 917. The SMILES string of the molecule is Cc1c(C(=O)Nc2ccccc2OC(C)C)cnn1-c1ccc(F)cc1. The van der Waals surface area contributed by atoms with E-state index in [1.807, 2.05) is 32.0 Å². The van der Waals surface area contributed by atoms with Crippen LogP contribution in [0.3, 0.4) is 0 Å². The number of nitrogens with zero attached hydrogens (tertiary/aromatic N) is 2. The van der Waals surface area contributed by atoms with E-state index in [0.717, 1.165) is 0 Å². The zero-order valence-corrected chi connectivity index (χ0v) is 14.9. The number of nitrogens with one attached hydrogen (secondary N) is 1. The van der Waals surface area contributed by atoms with Crippen molar-refractivity contribution in [3.8, 4) is 11.4 Å². The highest BCUT2D eigenvalue weighted by atomic mass is 19.1. The predicted molar refractivity (Wildman–Crippen MR) is 98.4 cm³/mol. The molecule has 2 aromatic carbocycles. The molecule has 6 heteroatoms. The highest BCUT2D eigenvalue weighted by molar-refractivity contribution is 6.05. The summed E-state index contributed by atoms with van der Waals surface area (Å²) in [7, 11) is 0. The number of carbonyl (C=O) groups excluding carboxylic acids is 1. The van der Waals surface area contributed by atoms with Gasteiger partial charge in [0.15, 0.2) is 0 Å². The first-order valence-corrected chi connectivity index (χ1v) is 8.33. The summed E-state index contributed by atoms with van der Waals surface area (Å²) in [5.41, 5.74) is 2.39. The van der Waals surface area contributed by atoms with E-state index in [0.29, 0.717) is 28.4 Å². The minimum absolute atomic E-state index is 0.00369. The van der Waals surface area contributed by atoms with Crippen molar-refractivity contribution in [1.29, 1.82) is 0 Å². The second-order valence-corrected chi connectivity index (χ2v) is 6.15. The van der Waals surface area contributed by atoms with Crippen LogP contribution in [0.25, 0.3) is 5.69 Å². The van der Waals surface area contributed by atoms with Crippen molar-refractivity contribution in [2.24, 2.45) is 0 Å². The number of hydrogen-bond donors (Lipinski definition) is 1. The molecule has 0 atom stereocenters. The van der Waals surface area contributed by atoms with Crippen LogP contribution in [0, 0.1) is 12.7 Å². The number of ether oxygens (including phenoxy) is 1. The van der Waals surface area contributed by atoms with Crippen molar-refractivity contribution in [2.45, 2.75) is 26.9 Å². The van der Waals surface area contributed by atoms with E-state index in [9.17, 15) is 9.18 Å². The van der Waals surface area contributed by atoms with Crippen LogP contribution in [0.4, 0.5) is 10.1 Å². The highest BCUT2D eigenvalue weighted by Crippen LogP contribution is 2.26. The van der Waals surface area contributed by atoms with Crippen LogP contribution >= 0.6 is 0 Å². The molecule has 0 fully saturated rings. The van der Waals surface area contributed by atoms with Crippen LogP contribution in [-0.2, 0) is 0 Å². The van der Waals surface area contributed by atoms with Crippen molar-refractivity contribution in [3.63, 3.8) is 0 Å². The second-order valence-electron chi connectivity index (χ2n) is 6.15. The van der Waals surface area contributed by atoms with Crippen molar-refractivity contribution in [1.82, 2.24) is 9.78 Å². The van der Waals surface area contributed by atoms with Crippen LogP contribution < -0.4 is 10.1 Å². The molecule has 0 bridgehead atoms. The van der Waals surface area contributed by atoms with E-state index in [1.165, 1.54) is 18.3 Å². The molecule has 0 radical (unpaired) electrons. The summed E-state index contributed by atoms with van der Waals surface area (Å²) in [6, 6.07) is 13.2. The smallest absolute Gasteiger partial charge is 0.259 e. The van der Waals surface area contributed by atoms with E-state index in [2.05, 4.69) is 10.4 Å². The second kappa shape index (κ2) is 7.39. The van der Waals surface area contributed by atoms with E-state index < -0.39 is 0 Å². The molecule has 1 amide bonds. The summed E-state index contributed by atoms with van der Waals surface area (Å²) >= 11 is 0. The van der Waals surface area contributed by atoms with Crippen LogP contribution in [0.5, 0.6) is 5.75 Å². The number of benzene rings is 2. The maximum atomic E-state index is 13.1. The molecular formula is C20H20FN3O2. The van der Waals surface area contributed by atoms with Crippen LogP contribution in [0.1, 0.15) is 29.9 Å². The fraction of sp³-hybridized carbons (Fsp3) is 0.200. The molecule has 0 spiro atoms. The number of halogens is 1. The monoisotopic (exact) mass is 353 g/mol. The van der Waals surface area contributed by atoms with Gasteiger partial charge in [0, 0.05) is 0 Å². The first kappa shape index (κ1) is 17.7. The lowest BCUT2D eigenvalue weighted by Gasteiger charge is -2.14. The molecule has 26 heavy (non-hydrogen) atoms. The van der Waals surface area contributed by atoms with Gasteiger partial charge in [-0.15, -0.1) is 0 Å². The van der Waals surface area contributed by atoms with Gasteiger partial charge in [-0.3, -0.25) is 4.79 Å². The average molecular weight is 353 g/mol. The number of carbonyl (C=O) groups is 1. The summed E-state index contributed by atoms with van der Waals surface area (Å²) in [6.45, 7) is 5.65. The summed E-state index contributed by atoms with van der Waals surface area (Å²) in [6.07, 6.45) is 1.50. The molecule has 3 aromatic rings. The lowest BCUT2D eigenvalue weighted by molar-refractivity contribution is 0.102. The predicted octanol–water partition coefficient (Wildman–Crippen LogP) is 4.36. The van der Waals surface area contributed by atoms with Gasteiger partial charge < -0.3 is 10.1 Å². The van der Waals surface area contributed by atoms with Crippen LogP contribution in [0.15, 0.2) is 54.7 Å². The van der Waals surface area contributed by atoms with Gasteiger partial charge in [-0.05, 0) is 57.2 Å². The minimum atomic E-state index is -0.321. The molecular weight excluding hydrogens is 333 g/mol. The molecule has 0 aliphatic carbocycles. The lowest BCUT2D eigenvalue weighted by Crippen LogP contribution is -2.15. The Morgan fingerprint density at radius 2 is 1.85 bits per heavy atom. The molecule has 0 aliphatic heterocycles. The summed E-state index contributed by atoms with van der Waals surface area (Å²) in [5, 5.41) is 7.12. The van der Waals surface area contributed by atoms with Crippen molar-refractivity contribution >= 4 is 11.6 Å².